The van der Waals surface area contributed by atoms with Gasteiger partial charge in [-0.15, -0.1) is 0 Å². The van der Waals surface area contributed by atoms with Crippen molar-refractivity contribution in [1.29, 1.82) is 0 Å². The second-order valence-electron chi connectivity index (χ2n) is 5.37. The summed E-state index contributed by atoms with van der Waals surface area (Å²) >= 11 is 0. The highest BCUT2D eigenvalue weighted by Gasteiger charge is 2.24. The van der Waals surface area contributed by atoms with Crippen molar-refractivity contribution in [3.05, 3.63) is 60.2 Å². The van der Waals surface area contributed by atoms with Crippen molar-refractivity contribution in [2.24, 2.45) is 0 Å². The minimum absolute atomic E-state index is 0.0866. The van der Waals surface area contributed by atoms with E-state index in [1.54, 1.807) is 0 Å². The first-order valence-corrected chi connectivity index (χ1v) is 7.30. The van der Waals surface area contributed by atoms with Gasteiger partial charge in [0, 0.05) is 12.1 Å². The van der Waals surface area contributed by atoms with Gasteiger partial charge in [-0.3, -0.25) is 4.79 Å². The maximum atomic E-state index is 12.7. The summed E-state index contributed by atoms with van der Waals surface area (Å²) in [4.78, 5) is 14.6. The van der Waals surface area contributed by atoms with Crippen molar-refractivity contribution in [1.82, 2.24) is 4.90 Å². The van der Waals surface area contributed by atoms with Gasteiger partial charge < -0.3 is 9.64 Å². The molecule has 21 heavy (non-hydrogen) atoms. The van der Waals surface area contributed by atoms with E-state index in [4.69, 9.17) is 4.74 Å². The molecule has 0 saturated carbocycles. The Balaban J connectivity index is 1.87. The smallest absolute Gasteiger partial charge is 0.254 e. The lowest BCUT2D eigenvalue weighted by atomic mass is 10.0. The van der Waals surface area contributed by atoms with Gasteiger partial charge in [0.05, 0.1) is 19.3 Å². The summed E-state index contributed by atoms with van der Waals surface area (Å²) in [5.74, 6) is 0.0866. The normalized spacial score (nSPS) is 18.5. The second-order valence-corrected chi connectivity index (χ2v) is 5.37. The fourth-order valence-electron chi connectivity index (χ4n) is 2.66. The number of nitrogens with zero attached hydrogens (tertiary/aromatic N) is 1. The molecule has 0 radical (unpaired) electrons. The number of amides is 1. The van der Waals surface area contributed by atoms with E-state index in [0.29, 0.717) is 19.8 Å². The maximum Gasteiger partial charge on any atom is 0.254 e. The molecule has 0 bridgehead atoms. The molecule has 1 fully saturated rings. The van der Waals surface area contributed by atoms with Crippen LogP contribution in [0.4, 0.5) is 0 Å². The van der Waals surface area contributed by atoms with Crippen molar-refractivity contribution in [2.45, 2.75) is 13.0 Å². The number of benzene rings is 2. The molecule has 0 aliphatic carbocycles. The van der Waals surface area contributed by atoms with Crippen LogP contribution in [0.3, 0.4) is 0 Å². The first-order valence-electron chi connectivity index (χ1n) is 7.30. The Morgan fingerprint density at radius 1 is 1.10 bits per heavy atom. The van der Waals surface area contributed by atoms with Gasteiger partial charge in [-0.1, -0.05) is 42.5 Å². The zero-order valence-electron chi connectivity index (χ0n) is 12.2. The van der Waals surface area contributed by atoms with Crippen molar-refractivity contribution in [3.8, 4) is 11.1 Å². The van der Waals surface area contributed by atoms with E-state index in [1.807, 2.05) is 54.3 Å². The van der Waals surface area contributed by atoms with E-state index in [-0.39, 0.29) is 11.9 Å². The highest BCUT2D eigenvalue weighted by molar-refractivity contribution is 5.95. The van der Waals surface area contributed by atoms with Crippen LogP contribution in [-0.2, 0) is 4.74 Å². The molecule has 108 valence electrons. The van der Waals surface area contributed by atoms with E-state index >= 15 is 0 Å². The van der Waals surface area contributed by atoms with Crippen LogP contribution in [0.1, 0.15) is 17.3 Å². The van der Waals surface area contributed by atoms with Crippen molar-refractivity contribution >= 4 is 5.91 Å². The van der Waals surface area contributed by atoms with Gasteiger partial charge in [-0.05, 0) is 30.2 Å². The SMILES string of the molecule is CC1COCCN1C(=O)c1cccc(-c2ccccc2)c1. The Morgan fingerprint density at radius 3 is 2.62 bits per heavy atom. The molecular formula is C18H19NO2. The molecule has 3 rings (SSSR count). The van der Waals surface area contributed by atoms with Crippen LogP contribution < -0.4 is 0 Å². The molecule has 3 nitrogen and oxygen atoms in total. The van der Waals surface area contributed by atoms with Crippen LogP contribution in [0.15, 0.2) is 54.6 Å². The number of carbonyl (C=O) groups excluding carboxylic acids is 1. The minimum atomic E-state index is 0.0866. The fourth-order valence-corrected chi connectivity index (χ4v) is 2.66. The molecular weight excluding hydrogens is 262 g/mol. The van der Waals surface area contributed by atoms with E-state index in [9.17, 15) is 4.79 Å². The lowest BCUT2D eigenvalue weighted by Crippen LogP contribution is -2.47. The summed E-state index contributed by atoms with van der Waals surface area (Å²) in [6.45, 7) is 3.92. The van der Waals surface area contributed by atoms with E-state index in [2.05, 4.69) is 12.1 Å². The van der Waals surface area contributed by atoms with Crippen molar-refractivity contribution in [2.75, 3.05) is 19.8 Å². The molecule has 0 spiro atoms. The zero-order valence-corrected chi connectivity index (χ0v) is 12.2. The van der Waals surface area contributed by atoms with E-state index in [0.717, 1.165) is 16.7 Å². The molecule has 1 amide bonds. The Hall–Kier alpha value is -2.13. The molecule has 1 saturated heterocycles. The summed E-state index contributed by atoms with van der Waals surface area (Å²) in [6, 6.07) is 18.1. The molecule has 1 unspecified atom stereocenters. The standard InChI is InChI=1S/C18H19NO2/c1-14-13-21-11-10-19(14)18(20)17-9-5-8-16(12-17)15-6-3-2-4-7-15/h2-9,12,14H,10-11,13H2,1H3. The van der Waals surface area contributed by atoms with Gasteiger partial charge in [-0.25, -0.2) is 0 Å². The number of ether oxygens (including phenoxy) is 1. The number of hydrogen-bond donors (Lipinski definition) is 0. The molecule has 1 atom stereocenters. The Kier molecular flexibility index (Phi) is 4.02. The fraction of sp³-hybridized carbons (Fsp3) is 0.278. The molecule has 2 aromatic carbocycles. The first kappa shape index (κ1) is 13.8. The zero-order chi connectivity index (χ0) is 14.7. The minimum Gasteiger partial charge on any atom is -0.377 e. The Bertz CT molecular complexity index is 624. The third-order valence-electron chi connectivity index (χ3n) is 3.85. The Morgan fingerprint density at radius 2 is 1.86 bits per heavy atom. The predicted molar refractivity (Wildman–Crippen MR) is 83.2 cm³/mol. The van der Waals surface area contributed by atoms with Crippen LogP contribution in [-0.4, -0.2) is 36.6 Å². The highest BCUT2D eigenvalue weighted by atomic mass is 16.5. The molecule has 0 N–H and O–H groups in total. The summed E-state index contributed by atoms with van der Waals surface area (Å²) in [5, 5.41) is 0. The Labute approximate surface area is 125 Å². The third kappa shape index (κ3) is 2.98. The maximum absolute atomic E-state index is 12.7. The van der Waals surface area contributed by atoms with Crippen LogP contribution in [0.25, 0.3) is 11.1 Å². The predicted octanol–water partition coefficient (Wildman–Crippen LogP) is 3.21. The van der Waals surface area contributed by atoms with Crippen LogP contribution >= 0.6 is 0 Å². The lowest BCUT2D eigenvalue weighted by Gasteiger charge is -2.33. The first-order chi connectivity index (χ1) is 10.3. The summed E-state index contributed by atoms with van der Waals surface area (Å²) in [5.41, 5.74) is 2.94. The quantitative estimate of drug-likeness (QED) is 0.846. The molecule has 1 aliphatic rings. The average Bonchev–Trinajstić information content (AvgIpc) is 2.56. The van der Waals surface area contributed by atoms with E-state index < -0.39 is 0 Å². The molecule has 0 aromatic heterocycles. The summed E-state index contributed by atoms with van der Waals surface area (Å²) in [7, 11) is 0. The number of morpholine rings is 1. The van der Waals surface area contributed by atoms with Crippen LogP contribution in [0, 0.1) is 0 Å². The van der Waals surface area contributed by atoms with Crippen LogP contribution in [0.2, 0.25) is 0 Å². The summed E-state index contributed by atoms with van der Waals surface area (Å²) < 4.78 is 5.40. The van der Waals surface area contributed by atoms with Gasteiger partial charge in [0.1, 0.15) is 0 Å². The van der Waals surface area contributed by atoms with E-state index in [1.165, 1.54) is 0 Å². The lowest BCUT2D eigenvalue weighted by molar-refractivity contribution is 0.00360. The molecule has 3 heteroatoms. The van der Waals surface area contributed by atoms with Gasteiger partial charge >= 0.3 is 0 Å². The van der Waals surface area contributed by atoms with Crippen molar-refractivity contribution in [3.63, 3.8) is 0 Å². The largest absolute Gasteiger partial charge is 0.377 e. The highest BCUT2D eigenvalue weighted by Crippen LogP contribution is 2.21. The topological polar surface area (TPSA) is 29.5 Å². The van der Waals surface area contributed by atoms with Crippen LogP contribution in [0.5, 0.6) is 0 Å². The summed E-state index contributed by atoms with van der Waals surface area (Å²) in [6.07, 6.45) is 0. The monoisotopic (exact) mass is 281 g/mol. The number of hydrogen-bond acceptors (Lipinski definition) is 2. The number of rotatable bonds is 2. The van der Waals surface area contributed by atoms with Gasteiger partial charge in [0.2, 0.25) is 0 Å². The average molecular weight is 281 g/mol. The van der Waals surface area contributed by atoms with Crippen molar-refractivity contribution < 1.29 is 9.53 Å². The molecule has 2 aromatic rings. The third-order valence-corrected chi connectivity index (χ3v) is 3.85. The molecule has 1 aliphatic heterocycles. The molecule has 1 heterocycles. The van der Waals surface area contributed by atoms with Gasteiger partial charge in [0.15, 0.2) is 0 Å². The second kappa shape index (κ2) is 6.10. The number of carbonyl (C=O) groups is 1. The van der Waals surface area contributed by atoms with Gasteiger partial charge in [0.25, 0.3) is 5.91 Å². The van der Waals surface area contributed by atoms with Gasteiger partial charge in [-0.2, -0.15) is 0 Å².